The number of furan rings is 1. The van der Waals surface area contributed by atoms with Crippen molar-refractivity contribution in [2.24, 2.45) is 5.92 Å². The van der Waals surface area contributed by atoms with E-state index >= 15 is 0 Å². The fourth-order valence-corrected chi connectivity index (χ4v) is 1.41. The van der Waals surface area contributed by atoms with Gasteiger partial charge < -0.3 is 14.8 Å². The van der Waals surface area contributed by atoms with Crippen LogP contribution in [0, 0.1) is 5.92 Å². The number of aliphatic carboxylic acids is 1. The highest BCUT2D eigenvalue weighted by Gasteiger charge is 2.12. The Balaban J connectivity index is 2.30. The summed E-state index contributed by atoms with van der Waals surface area (Å²) >= 11 is 5.54. The lowest BCUT2D eigenvalue weighted by atomic mass is 10.1. The molecule has 1 heterocycles. The molecule has 1 unspecified atom stereocenters. The van der Waals surface area contributed by atoms with E-state index in [9.17, 15) is 9.59 Å². The van der Waals surface area contributed by atoms with Crippen LogP contribution in [-0.2, 0) is 4.79 Å². The Kier molecular flexibility index (Phi) is 5.03. The molecule has 0 radical (unpaired) electrons. The van der Waals surface area contributed by atoms with Crippen molar-refractivity contribution in [3.05, 3.63) is 23.1 Å². The summed E-state index contributed by atoms with van der Waals surface area (Å²) in [6, 6.07) is 2.98. The van der Waals surface area contributed by atoms with Gasteiger partial charge in [-0.1, -0.05) is 6.92 Å². The first-order valence-electron chi connectivity index (χ1n) is 5.24. The molecule has 0 aliphatic heterocycles. The number of carboxylic acids is 1. The van der Waals surface area contributed by atoms with Gasteiger partial charge >= 0.3 is 5.97 Å². The fourth-order valence-electron chi connectivity index (χ4n) is 1.26. The molecule has 0 bridgehead atoms. The van der Waals surface area contributed by atoms with Crippen LogP contribution in [0.3, 0.4) is 0 Å². The molecule has 1 aromatic heterocycles. The highest BCUT2D eigenvalue weighted by molar-refractivity contribution is 6.29. The first-order chi connectivity index (χ1) is 7.99. The summed E-state index contributed by atoms with van der Waals surface area (Å²) in [4.78, 5) is 21.9. The van der Waals surface area contributed by atoms with E-state index in [0.29, 0.717) is 13.0 Å². The van der Waals surface area contributed by atoms with Gasteiger partial charge in [-0.15, -0.1) is 0 Å². The normalized spacial score (nSPS) is 12.1. The summed E-state index contributed by atoms with van der Waals surface area (Å²) in [6.45, 7) is 2.28. The molecule has 1 amide bonds. The smallest absolute Gasteiger partial charge is 0.303 e. The second kappa shape index (κ2) is 6.30. The first kappa shape index (κ1) is 13.6. The molecule has 6 heteroatoms. The molecule has 0 saturated heterocycles. The molecular weight excluding hydrogens is 246 g/mol. The van der Waals surface area contributed by atoms with E-state index in [1.54, 1.807) is 0 Å². The Hall–Kier alpha value is -1.49. The predicted molar refractivity (Wildman–Crippen MR) is 62.1 cm³/mol. The fraction of sp³-hybridized carbons (Fsp3) is 0.455. The van der Waals surface area contributed by atoms with E-state index in [-0.39, 0.29) is 29.2 Å². The maximum absolute atomic E-state index is 11.5. The van der Waals surface area contributed by atoms with E-state index in [1.165, 1.54) is 12.1 Å². The number of hydrogen-bond donors (Lipinski definition) is 2. The molecule has 94 valence electrons. The number of hydrogen-bond acceptors (Lipinski definition) is 3. The zero-order valence-electron chi connectivity index (χ0n) is 9.40. The van der Waals surface area contributed by atoms with Gasteiger partial charge in [0.05, 0.1) is 0 Å². The molecule has 0 aliphatic rings. The molecule has 5 nitrogen and oxygen atoms in total. The van der Waals surface area contributed by atoms with Crippen LogP contribution in [-0.4, -0.2) is 23.5 Å². The van der Waals surface area contributed by atoms with Crippen molar-refractivity contribution in [3.8, 4) is 0 Å². The maximum atomic E-state index is 11.5. The van der Waals surface area contributed by atoms with Gasteiger partial charge in [0.2, 0.25) is 0 Å². The van der Waals surface area contributed by atoms with Gasteiger partial charge in [0.15, 0.2) is 11.0 Å². The highest BCUT2D eigenvalue weighted by atomic mass is 35.5. The minimum atomic E-state index is -0.832. The number of carbonyl (C=O) groups is 2. The molecule has 1 aromatic rings. The van der Waals surface area contributed by atoms with Crippen LogP contribution in [0.4, 0.5) is 0 Å². The molecule has 0 spiro atoms. The monoisotopic (exact) mass is 259 g/mol. The third kappa shape index (κ3) is 4.91. The zero-order chi connectivity index (χ0) is 12.8. The molecule has 0 aromatic carbocycles. The zero-order valence-corrected chi connectivity index (χ0v) is 10.2. The molecule has 0 fully saturated rings. The Morgan fingerprint density at radius 1 is 1.53 bits per heavy atom. The van der Waals surface area contributed by atoms with Crippen LogP contribution >= 0.6 is 11.6 Å². The van der Waals surface area contributed by atoms with Crippen LogP contribution in [0.2, 0.25) is 5.22 Å². The minimum Gasteiger partial charge on any atom is -0.481 e. The van der Waals surface area contributed by atoms with E-state index < -0.39 is 5.97 Å². The SMILES string of the molecule is CC(CCC(=O)O)CNC(=O)c1ccc(Cl)o1. The van der Waals surface area contributed by atoms with Gasteiger partial charge in [0.1, 0.15) is 0 Å². The Labute approximate surface area is 104 Å². The minimum absolute atomic E-state index is 0.0977. The summed E-state index contributed by atoms with van der Waals surface area (Å²) in [6.07, 6.45) is 0.623. The van der Waals surface area contributed by atoms with E-state index in [4.69, 9.17) is 21.1 Å². The van der Waals surface area contributed by atoms with Crippen LogP contribution in [0.5, 0.6) is 0 Å². The molecular formula is C11H14ClNO4. The Morgan fingerprint density at radius 3 is 2.76 bits per heavy atom. The van der Waals surface area contributed by atoms with Gasteiger partial charge in [0.25, 0.3) is 5.91 Å². The number of carboxylic acid groups (broad SMARTS) is 1. The van der Waals surface area contributed by atoms with Crippen molar-refractivity contribution in [1.29, 1.82) is 0 Å². The molecule has 2 N–H and O–H groups in total. The summed E-state index contributed by atoms with van der Waals surface area (Å²) in [5.41, 5.74) is 0. The van der Waals surface area contributed by atoms with E-state index in [1.807, 2.05) is 6.92 Å². The first-order valence-corrected chi connectivity index (χ1v) is 5.62. The van der Waals surface area contributed by atoms with Gasteiger partial charge in [-0.3, -0.25) is 9.59 Å². The molecule has 17 heavy (non-hydrogen) atoms. The largest absolute Gasteiger partial charge is 0.481 e. The summed E-state index contributed by atoms with van der Waals surface area (Å²) in [5, 5.41) is 11.3. The Bertz CT molecular complexity index is 402. The van der Waals surface area contributed by atoms with Gasteiger partial charge in [-0.05, 0) is 36.1 Å². The lowest BCUT2D eigenvalue weighted by molar-refractivity contribution is -0.137. The van der Waals surface area contributed by atoms with Gasteiger partial charge in [-0.25, -0.2) is 0 Å². The standard InChI is InChI=1S/C11H14ClNO4/c1-7(2-5-10(14)15)6-13-11(16)8-3-4-9(12)17-8/h3-4,7H,2,5-6H2,1H3,(H,13,16)(H,14,15). The van der Waals surface area contributed by atoms with E-state index in [2.05, 4.69) is 5.32 Å². The Morgan fingerprint density at radius 2 is 2.24 bits per heavy atom. The van der Waals surface area contributed by atoms with Crippen molar-refractivity contribution in [2.45, 2.75) is 19.8 Å². The van der Waals surface area contributed by atoms with Crippen molar-refractivity contribution in [2.75, 3.05) is 6.54 Å². The lowest BCUT2D eigenvalue weighted by Crippen LogP contribution is -2.28. The van der Waals surface area contributed by atoms with Crippen LogP contribution in [0.25, 0.3) is 0 Å². The number of halogens is 1. The second-order valence-corrected chi connectivity index (χ2v) is 4.22. The molecule has 0 saturated carbocycles. The average molecular weight is 260 g/mol. The molecule has 1 atom stereocenters. The van der Waals surface area contributed by atoms with Crippen LogP contribution < -0.4 is 5.32 Å². The third-order valence-corrected chi connectivity index (χ3v) is 2.46. The third-order valence-electron chi connectivity index (χ3n) is 2.26. The van der Waals surface area contributed by atoms with Crippen molar-refractivity contribution < 1.29 is 19.1 Å². The summed E-state index contributed by atoms with van der Waals surface area (Å²) in [5.74, 6) is -0.930. The number of amides is 1. The predicted octanol–water partition coefficient (Wildman–Crippen LogP) is 2.16. The van der Waals surface area contributed by atoms with Crippen LogP contribution in [0.15, 0.2) is 16.5 Å². The van der Waals surface area contributed by atoms with Crippen molar-refractivity contribution in [1.82, 2.24) is 5.32 Å². The topological polar surface area (TPSA) is 79.5 Å². The number of rotatable bonds is 6. The highest BCUT2D eigenvalue weighted by Crippen LogP contribution is 2.13. The number of nitrogens with one attached hydrogen (secondary N) is 1. The summed E-state index contributed by atoms with van der Waals surface area (Å²) in [7, 11) is 0. The lowest BCUT2D eigenvalue weighted by Gasteiger charge is -2.10. The van der Waals surface area contributed by atoms with Gasteiger partial charge in [-0.2, -0.15) is 0 Å². The average Bonchev–Trinajstić information content (AvgIpc) is 2.70. The second-order valence-electron chi connectivity index (χ2n) is 3.85. The van der Waals surface area contributed by atoms with Crippen molar-refractivity contribution >= 4 is 23.5 Å². The molecule has 1 rings (SSSR count). The number of carbonyl (C=O) groups excluding carboxylic acids is 1. The quantitative estimate of drug-likeness (QED) is 0.820. The van der Waals surface area contributed by atoms with Gasteiger partial charge in [0, 0.05) is 13.0 Å². The van der Waals surface area contributed by atoms with E-state index in [0.717, 1.165) is 0 Å². The van der Waals surface area contributed by atoms with Crippen LogP contribution in [0.1, 0.15) is 30.3 Å². The van der Waals surface area contributed by atoms with Crippen molar-refractivity contribution in [3.63, 3.8) is 0 Å². The maximum Gasteiger partial charge on any atom is 0.303 e. The molecule has 0 aliphatic carbocycles. The summed E-state index contributed by atoms with van der Waals surface area (Å²) < 4.78 is 4.94.